The van der Waals surface area contributed by atoms with E-state index >= 15 is 0 Å². The maximum Gasteiger partial charge on any atom is 0.277 e. The van der Waals surface area contributed by atoms with Gasteiger partial charge in [-0.3, -0.25) is 4.79 Å². The molecule has 1 amide bonds. The van der Waals surface area contributed by atoms with Crippen LogP contribution in [0.15, 0.2) is 53.6 Å². The van der Waals surface area contributed by atoms with E-state index in [1.54, 1.807) is 7.11 Å². The summed E-state index contributed by atoms with van der Waals surface area (Å²) in [6.45, 7) is 4.16. The molecule has 0 aliphatic carbocycles. The lowest BCUT2D eigenvalue weighted by Gasteiger charge is -2.08. The number of ether oxygens (including phenoxy) is 2. The fourth-order valence-electron chi connectivity index (χ4n) is 2.08. The van der Waals surface area contributed by atoms with Crippen molar-refractivity contribution in [1.82, 2.24) is 5.43 Å². The van der Waals surface area contributed by atoms with Gasteiger partial charge in [0.15, 0.2) is 6.61 Å². The molecule has 1 N–H and O–H groups in total. The summed E-state index contributed by atoms with van der Waals surface area (Å²) in [4.78, 5) is 11.8. The number of nitrogens with zero attached hydrogens (tertiary/aromatic N) is 1. The molecule has 0 aliphatic heterocycles. The maximum absolute atomic E-state index is 11.8. The molecule has 0 radical (unpaired) electrons. The van der Waals surface area contributed by atoms with E-state index in [1.165, 1.54) is 11.8 Å². The lowest BCUT2D eigenvalue weighted by atomic mass is 10.0. The van der Waals surface area contributed by atoms with E-state index in [9.17, 15) is 4.79 Å². The molecule has 0 bridgehead atoms. The quantitative estimate of drug-likeness (QED) is 0.627. The minimum absolute atomic E-state index is 0.0930. The second kappa shape index (κ2) is 8.72. The number of carbonyl (C=O) groups excluding carboxylic acids is 1. The van der Waals surface area contributed by atoms with Gasteiger partial charge in [0.2, 0.25) is 0 Å². The van der Waals surface area contributed by atoms with Crippen LogP contribution in [0.3, 0.4) is 0 Å². The molecular weight excluding hydrogens is 304 g/mol. The molecule has 0 saturated carbocycles. The molecule has 0 spiro atoms. The Morgan fingerprint density at radius 3 is 2.54 bits per heavy atom. The lowest BCUT2D eigenvalue weighted by molar-refractivity contribution is -0.123. The summed E-state index contributed by atoms with van der Waals surface area (Å²) in [6, 6.07) is 15.1. The largest absolute Gasteiger partial charge is 0.496 e. The number of hydrogen-bond acceptors (Lipinski definition) is 4. The SMILES string of the molecule is COc1ccccc1/C=N\NC(=O)COc1ccc(C(C)C)cc1. The standard InChI is InChI=1S/C19H22N2O3/c1-14(2)15-8-10-17(11-9-15)24-13-19(22)21-20-12-16-6-4-5-7-18(16)23-3/h4-12,14H,13H2,1-3H3,(H,21,22)/b20-12-. The Morgan fingerprint density at radius 1 is 1.17 bits per heavy atom. The third-order valence-electron chi connectivity index (χ3n) is 3.45. The highest BCUT2D eigenvalue weighted by atomic mass is 16.5. The van der Waals surface area contributed by atoms with E-state index in [1.807, 2.05) is 48.5 Å². The van der Waals surface area contributed by atoms with Crippen LogP contribution in [0.1, 0.15) is 30.9 Å². The van der Waals surface area contributed by atoms with Gasteiger partial charge in [-0.1, -0.05) is 38.1 Å². The van der Waals surface area contributed by atoms with Crippen molar-refractivity contribution >= 4 is 12.1 Å². The predicted molar refractivity (Wildman–Crippen MR) is 94.8 cm³/mol. The molecule has 24 heavy (non-hydrogen) atoms. The van der Waals surface area contributed by atoms with Crippen LogP contribution in [0.4, 0.5) is 0 Å². The van der Waals surface area contributed by atoms with Gasteiger partial charge in [0, 0.05) is 5.56 Å². The molecule has 0 unspecified atom stereocenters. The van der Waals surface area contributed by atoms with Crippen LogP contribution in [-0.2, 0) is 4.79 Å². The number of carbonyl (C=O) groups is 1. The minimum atomic E-state index is -0.325. The van der Waals surface area contributed by atoms with E-state index in [-0.39, 0.29) is 12.5 Å². The number of rotatable bonds is 7. The van der Waals surface area contributed by atoms with Gasteiger partial charge in [0.1, 0.15) is 11.5 Å². The first-order valence-corrected chi connectivity index (χ1v) is 7.78. The molecule has 0 heterocycles. The van der Waals surface area contributed by atoms with Crippen molar-refractivity contribution in [2.24, 2.45) is 5.10 Å². The summed E-state index contributed by atoms with van der Waals surface area (Å²) in [6.07, 6.45) is 1.54. The molecule has 0 aromatic heterocycles. The van der Waals surface area contributed by atoms with Gasteiger partial charge in [-0.2, -0.15) is 5.10 Å². The first kappa shape index (κ1) is 17.5. The first-order valence-electron chi connectivity index (χ1n) is 7.78. The zero-order chi connectivity index (χ0) is 17.4. The Bertz CT molecular complexity index is 694. The molecule has 0 atom stereocenters. The highest BCUT2D eigenvalue weighted by Crippen LogP contribution is 2.18. The van der Waals surface area contributed by atoms with Crippen molar-refractivity contribution in [1.29, 1.82) is 0 Å². The van der Waals surface area contributed by atoms with Crippen molar-refractivity contribution in [3.8, 4) is 11.5 Å². The average Bonchev–Trinajstić information content (AvgIpc) is 2.60. The molecule has 5 nitrogen and oxygen atoms in total. The third kappa shape index (κ3) is 5.12. The van der Waals surface area contributed by atoms with Gasteiger partial charge < -0.3 is 9.47 Å². The van der Waals surface area contributed by atoms with E-state index in [0.29, 0.717) is 17.4 Å². The zero-order valence-corrected chi connectivity index (χ0v) is 14.2. The number of amides is 1. The average molecular weight is 326 g/mol. The summed E-state index contributed by atoms with van der Waals surface area (Å²) in [5.41, 5.74) is 4.44. The van der Waals surface area contributed by atoms with Crippen molar-refractivity contribution < 1.29 is 14.3 Å². The van der Waals surface area contributed by atoms with Crippen LogP contribution in [0.2, 0.25) is 0 Å². The lowest BCUT2D eigenvalue weighted by Crippen LogP contribution is -2.24. The zero-order valence-electron chi connectivity index (χ0n) is 14.2. The smallest absolute Gasteiger partial charge is 0.277 e. The van der Waals surface area contributed by atoms with Gasteiger partial charge in [-0.15, -0.1) is 0 Å². The molecule has 2 rings (SSSR count). The summed E-state index contributed by atoms with van der Waals surface area (Å²) in [5, 5.41) is 3.92. The van der Waals surface area contributed by atoms with E-state index in [2.05, 4.69) is 24.4 Å². The van der Waals surface area contributed by atoms with E-state index in [0.717, 1.165) is 5.56 Å². The van der Waals surface area contributed by atoms with Crippen LogP contribution in [0, 0.1) is 0 Å². The number of para-hydroxylation sites is 1. The number of benzene rings is 2. The van der Waals surface area contributed by atoms with Crippen LogP contribution in [0.25, 0.3) is 0 Å². The Morgan fingerprint density at radius 2 is 1.88 bits per heavy atom. The van der Waals surface area contributed by atoms with Crippen LogP contribution >= 0.6 is 0 Å². The third-order valence-corrected chi connectivity index (χ3v) is 3.45. The normalized spacial score (nSPS) is 10.8. The first-order chi connectivity index (χ1) is 11.6. The van der Waals surface area contributed by atoms with Crippen molar-refractivity contribution in [3.63, 3.8) is 0 Å². The number of methoxy groups -OCH3 is 1. The van der Waals surface area contributed by atoms with E-state index in [4.69, 9.17) is 9.47 Å². The monoisotopic (exact) mass is 326 g/mol. The fourth-order valence-corrected chi connectivity index (χ4v) is 2.08. The second-order valence-corrected chi connectivity index (χ2v) is 5.55. The molecule has 0 aliphatic rings. The maximum atomic E-state index is 11.8. The highest BCUT2D eigenvalue weighted by Gasteiger charge is 2.03. The molecule has 0 saturated heterocycles. The van der Waals surface area contributed by atoms with Crippen molar-refractivity contribution in [3.05, 3.63) is 59.7 Å². The molecule has 126 valence electrons. The van der Waals surface area contributed by atoms with Crippen LogP contribution in [0.5, 0.6) is 11.5 Å². The van der Waals surface area contributed by atoms with Crippen molar-refractivity contribution in [2.45, 2.75) is 19.8 Å². The van der Waals surface area contributed by atoms with Gasteiger partial charge >= 0.3 is 0 Å². The predicted octanol–water partition coefficient (Wildman–Crippen LogP) is 3.35. The van der Waals surface area contributed by atoms with Crippen LogP contribution in [-0.4, -0.2) is 25.8 Å². The number of hydrazone groups is 1. The van der Waals surface area contributed by atoms with Gasteiger partial charge in [0.25, 0.3) is 5.91 Å². The van der Waals surface area contributed by atoms with Crippen molar-refractivity contribution in [2.75, 3.05) is 13.7 Å². The topological polar surface area (TPSA) is 59.9 Å². The van der Waals surface area contributed by atoms with Gasteiger partial charge in [-0.25, -0.2) is 5.43 Å². The van der Waals surface area contributed by atoms with Crippen LogP contribution < -0.4 is 14.9 Å². The fraction of sp³-hybridized carbons (Fsp3) is 0.263. The number of hydrogen-bond donors (Lipinski definition) is 1. The Hall–Kier alpha value is -2.82. The Balaban J connectivity index is 1.82. The molecular formula is C19H22N2O3. The summed E-state index contributed by atoms with van der Waals surface area (Å²) in [5.74, 6) is 1.49. The summed E-state index contributed by atoms with van der Waals surface area (Å²) >= 11 is 0. The summed E-state index contributed by atoms with van der Waals surface area (Å²) in [7, 11) is 1.59. The Kier molecular flexibility index (Phi) is 6.37. The molecule has 2 aromatic carbocycles. The van der Waals surface area contributed by atoms with Gasteiger partial charge in [0.05, 0.1) is 13.3 Å². The number of nitrogens with one attached hydrogen (secondary N) is 1. The Labute approximate surface area is 142 Å². The van der Waals surface area contributed by atoms with E-state index < -0.39 is 0 Å². The minimum Gasteiger partial charge on any atom is -0.496 e. The molecule has 0 fully saturated rings. The molecule has 5 heteroatoms. The molecule has 2 aromatic rings. The van der Waals surface area contributed by atoms with Gasteiger partial charge in [-0.05, 0) is 35.7 Å². The second-order valence-electron chi connectivity index (χ2n) is 5.55. The summed E-state index contributed by atoms with van der Waals surface area (Å²) < 4.78 is 10.6. The highest BCUT2D eigenvalue weighted by molar-refractivity contribution is 5.85.